The van der Waals surface area contributed by atoms with Gasteiger partial charge in [0.1, 0.15) is 0 Å². The summed E-state index contributed by atoms with van der Waals surface area (Å²) in [4.78, 5) is 2.47. The molecule has 0 aliphatic carbocycles. The summed E-state index contributed by atoms with van der Waals surface area (Å²) >= 11 is 0. The topological polar surface area (TPSA) is 47.7 Å². The highest BCUT2D eigenvalue weighted by Crippen LogP contribution is 2.20. The van der Waals surface area contributed by atoms with Crippen molar-refractivity contribution >= 4 is 0 Å². The Morgan fingerprint density at radius 3 is 2.88 bits per heavy atom. The zero-order valence-corrected chi connectivity index (χ0v) is 10.2. The molecule has 94 valence electrons. The molecule has 0 bridgehead atoms. The number of hydrogen-bond donors (Lipinski definition) is 1. The molecule has 2 N–H and O–H groups in total. The molecular formula is C12H24N2O2. The van der Waals surface area contributed by atoms with Crippen LogP contribution >= 0.6 is 0 Å². The molecule has 2 heterocycles. The zero-order chi connectivity index (χ0) is 11.4. The number of nitrogens with two attached hydrogens (primary N) is 1. The summed E-state index contributed by atoms with van der Waals surface area (Å²) in [5.74, 6) is 0. The Labute approximate surface area is 98.1 Å². The molecule has 16 heavy (non-hydrogen) atoms. The van der Waals surface area contributed by atoms with E-state index in [1.807, 2.05) is 0 Å². The second-order valence-corrected chi connectivity index (χ2v) is 4.99. The van der Waals surface area contributed by atoms with Gasteiger partial charge in [0.2, 0.25) is 0 Å². The van der Waals surface area contributed by atoms with E-state index in [4.69, 9.17) is 15.2 Å². The third-order valence-electron chi connectivity index (χ3n) is 3.46. The number of rotatable bonds is 3. The molecular weight excluding hydrogens is 204 g/mol. The first-order valence-electron chi connectivity index (χ1n) is 6.47. The lowest BCUT2D eigenvalue weighted by molar-refractivity contribution is 0.0190. The third kappa shape index (κ3) is 3.42. The van der Waals surface area contributed by atoms with Crippen molar-refractivity contribution < 1.29 is 9.47 Å². The molecule has 2 rings (SSSR count). The van der Waals surface area contributed by atoms with Crippen molar-refractivity contribution in [2.75, 3.05) is 32.8 Å². The van der Waals surface area contributed by atoms with Crippen LogP contribution in [0.15, 0.2) is 0 Å². The van der Waals surface area contributed by atoms with E-state index in [0.717, 1.165) is 45.5 Å². The maximum Gasteiger partial charge on any atom is 0.0707 e. The Balaban J connectivity index is 1.75. The molecule has 3 unspecified atom stereocenters. The Hall–Kier alpha value is -0.160. The normalized spacial score (nSPS) is 37.5. The second-order valence-electron chi connectivity index (χ2n) is 4.99. The van der Waals surface area contributed by atoms with E-state index in [0.29, 0.717) is 24.9 Å². The Morgan fingerprint density at radius 2 is 2.12 bits per heavy atom. The fraction of sp³-hybridized carbons (Fsp3) is 1.00. The fourth-order valence-corrected chi connectivity index (χ4v) is 2.62. The third-order valence-corrected chi connectivity index (χ3v) is 3.46. The smallest absolute Gasteiger partial charge is 0.0707 e. The van der Waals surface area contributed by atoms with Gasteiger partial charge in [-0.15, -0.1) is 0 Å². The molecule has 0 amide bonds. The van der Waals surface area contributed by atoms with Gasteiger partial charge in [0.15, 0.2) is 0 Å². The van der Waals surface area contributed by atoms with Crippen molar-refractivity contribution in [3.05, 3.63) is 0 Å². The van der Waals surface area contributed by atoms with Crippen LogP contribution in [0.1, 0.15) is 26.2 Å². The molecule has 0 radical (unpaired) electrons. The lowest BCUT2D eigenvalue weighted by Crippen LogP contribution is -2.37. The van der Waals surface area contributed by atoms with Gasteiger partial charge in [0, 0.05) is 32.8 Å². The molecule has 2 aliphatic heterocycles. The van der Waals surface area contributed by atoms with E-state index in [1.54, 1.807) is 0 Å². The molecule has 2 aliphatic rings. The van der Waals surface area contributed by atoms with Crippen molar-refractivity contribution in [3.63, 3.8) is 0 Å². The molecule has 0 aromatic rings. The Kier molecular flexibility index (Phi) is 4.58. The van der Waals surface area contributed by atoms with Gasteiger partial charge in [-0.25, -0.2) is 0 Å². The molecule has 4 heteroatoms. The first kappa shape index (κ1) is 12.3. The van der Waals surface area contributed by atoms with Crippen LogP contribution in [0.25, 0.3) is 0 Å². The minimum Gasteiger partial charge on any atom is -0.377 e. The number of ether oxygens (including phenoxy) is 2. The lowest BCUT2D eigenvalue weighted by atomic mass is 10.2. The van der Waals surface area contributed by atoms with E-state index in [-0.39, 0.29) is 0 Å². The van der Waals surface area contributed by atoms with Crippen molar-refractivity contribution in [1.29, 1.82) is 0 Å². The van der Waals surface area contributed by atoms with E-state index in [9.17, 15) is 0 Å². The summed E-state index contributed by atoms with van der Waals surface area (Å²) in [6.07, 6.45) is 4.46. The SMILES string of the molecule is CC1CN(CC2CCC(CN)O2)CCCO1. The van der Waals surface area contributed by atoms with Crippen LogP contribution in [0.3, 0.4) is 0 Å². The van der Waals surface area contributed by atoms with E-state index in [1.165, 1.54) is 0 Å². The largest absolute Gasteiger partial charge is 0.377 e. The molecule has 4 nitrogen and oxygen atoms in total. The number of nitrogens with zero attached hydrogens (tertiary/aromatic N) is 1. The predicted molar refractivity (Wildman–Crippen MR) is 63.4 cm³/mol. The molecule has 2 saturated heterocycles. The van der Waals surface area contributed by atoms with Gasteiger partial charge in [0.25, 0.3) is 0 Å². The van der Waals surface area contributed by atoms with Crippen LogP contribution in [-0.2, 0) is 9.47 Å². The minimum atomic E-state index is 0.297. The zero-order valence-electron chi connectivity index (χ0n) is 10.2. The summed E-state index contributed by atoms with van der Waals surface area (Å²) in [6.45, 7) is 6.93. The fourth-order valence-electron chi connectivity index (χ4n) is 2.62. The standard InChI is InChI=1S/C12H24N2O2/c1-10-8-14(5-2-6-15-10)9-12-4-3-11(7-13)16-12/h10-12H,2-9,13H2,1H3. The second kappa shape index (κ2) is 5.96. The average molecular weight is 228 g/mol. The van der Waals surface area contributed by atoms with E-state index >= 15 is 0 Å². The van der Waals surface area contributed by atoms with E-state index < -0.39 is 0 Å². The van der Waals surface area contributed by atoms with Crippen molar-refractivity contribution in [1.82, 2.24) is 4.90 Å². The molecule has 3 atom stereocenters. The maximum absolute atomic E-state index is 5.88. The number of hydrogen-bond acceptors (Lipinski definition) is 4. The van der Waals surface area contributed by atoms with Crippen molar-refractivity contribution in [2.45, 2.75) is 44.5 Å². The summed E-state index contributed by atoms with van der Waals surface area (Å²) in [6, 6.07) is 0. The maximum atomic E-state index is 5.88. The highest BCUT2D eigenvalue weighted by atomic mass is 16.5. The van der Waals surface area contributed by atoms with Crippen LogP contribution in [0.2, 0.25) is 0 Å². The minimum absolute atomic E-state index is 0.297. The molecule has 0 saturated carbocycles. The van der Waals surface area contributed by atoms with E-state index in [2.05, 4.69) is 11.8 Å². The van der Waals surface area contributed by atoms with Gasteiger partial charge in [-0.3, -0.25) is 4.90 Å². The Bertz CT molecular complexity index is 213. The summed E-state index contributed by atoms with van der Waals surface area (Å²) in [5.41, 5.74) is 5.62. The van der Waals surface area contributed by atoms with Crippen LogP contribution in [-0.4, -0.2) is 56.0 Å². The van der Waals surface area contributed by atoms with Crippen molar-refractivity contribution in [2.24, 2.45) is 5.73 Å². The first-order chi connectivity index (χ1) is 7.78. The van der Waals surface area contributed by atoms with Crippen LogP contribution < -0.4 is 5.73 Å². The lowest BCUT2D eigenvalue weighted by Gasteiger charge is -2.25. The van der Waals surface area contributed by atoms with Gasteiger partial charge >= 0.3 is 0 Å². The van der Waals surface area contributed by atoms with Crippen LogP contribution in [0, 0.1) is 0 Å². The van der Waals surface area contributed by atoms with Gasteiger partial charge < -0.3 is 15.2 Å². The predicted octanol–water partition coefficient (Wildman–Crippen LogP) is 0.604. The van der Waals surface area contributed by atoms with Gasteiger partial charge in [-0.2, -0.15) is 0 Å². The highest BCUT2D eigenvalue weighted by molar-refractivity contribution is 4.78. The van der Waals surface area contributed by atoms with Gasteiger partial charge in [-0.1, -0.05) is 0 Å². The monoisotopic (exact) mass is 228 g/mol. The molecule has 0 spiro atoms. The van der Waals surface area contributed by atoms with Gasteiger partial charge in [0.05, 0.1) is 18.3 Å². The average Bonchev–Trinajstić information content (AvgIpc) is 2.62. The summed E-state index contributed by atoms with van der Waals surface area (Å²) in [5, 5.41) is 0. The van der Waals surface area contributed by atoms with Gasteiger partial charge in [-0.05, 0) is 26.2 Å². The Morgan fingerprint density at radius 1 is 1.31 bits per heavy atom. The highest BCUT2D eigenvalue weighted by Gasteiger charge is 2.26. The first-order valence-corrected chi connectivity index (χ1v) is 6.47. The summed E-state index contributed by atoms with van der Waals surface area (Å²) < 4.78 is 11.5. The molecule has 2 fully saturated rings. The van der Waals surface area contributed by atoms with Crippen molar-refractivity contribution in [3.8, 4) is 0 Å². The molecule has 0 aromatic heterocycles. The molecule has 0 aromatic carbocycles. The van der Waals surface area contributed by atoms with Crippen LogP contribution in [0.5, 0.6) is 0 Å². The summed E-state index contributed by atoms with van der Waals surface area (Å²) in [7, 11) is 0. The van der Waals surface area contributed by atoms with Crippen LogP contribution in [0.4, 0.5) is 0 Å². The quantitative estimate of drug-likeness (QED) is 0.768.